The van der Waals surface area contributed by atoms with E-state index in [1.165, 1.54) is 10.5 Å². The second-order valence-electron chi connectivity index (χ2n) is 5.08. The topological polar surface area (TPSA) is 30.7 Å². The summed E-state index contributed by atoms with van der Waals surface area (Å²) in [7, 11) is 2.15. The number of nitrogens with one attached hydrogen (secondary N) is 1. The van der Waals surface area contributed by atoms with Gasteiger partial charge in [0.05, 0.1) is 26.7 Å². The van der Waals surface area contributed by atoms with E-state index in [2.05, 4.69) is 19.2 Å². The van der Waals surface area contributed by atoms with Crippen molar-refractivity contribution in [1.82, 2.24) is 0 Å². The van der Waals surface area contributed by atoms with Gasteiger partial charge in [-0.25, -0.2) is 0 Å². The van der Waals surface area contributed by atoms with Crippen molar-refractivity contribution in [3.63, 3.8) is 0 Å². The second kappa shape index (κ2) is 7.65. The number of benzene rings is 1. The number of halogens is 1. The average molecular weight is 328 g/mol. The fraction of sp³-hybridized carbons (Fsp3) is 0.533. The van der Waals surface area contributed by atoms with Gasteiger partial charge in [-0.15, -0.1) is 0 Å². The molecule has 19 heavy (non-hydrogen) atoms. The Hall–Kier alpha value is -0.870. The molecule has 2 rings (SSSR count). The zero-order valence-corrected chi connectivity index (χ0v) is 13.2. The fourth-order valence-electron chi connectivity index (χ4n) is 2.82. The Morgan fingerprint density at radius 1 is 1.37 bits per heavy atom. The molecule has 0 radical (unpaired) electrons. The maximum atomic E-state index is 12.1. The van der Waals surface area contributed by atoms with E-state index >= 15 is 0 Å². The van der Waals surface area contributed by atoms with Crippen LogP contribution in [-0.4, -0.2) is 32.7 Å². The molecule has 1 aromatic carbocycles. The quantitative estimate of drug-likeness (QED) is 0.643. The largest absolute Gasteiger partial charge is 1.00 e. The first-order valence-electron chi connectivity index (χ1n) is 6.75. The van der Waals surface area contributed by atoms with Crippen LogP contribution in [0.25, 0.3) is 0 Å². The highest BCUT2D eigenvalue weighted by Gasteiger charge is 2.37. The Bertz CT molecular complexity index is 396. The number of esters is 1. The van der Waals surface area contributed by atoms with Gasteiger partial charge in [0, 0.05) is 12.3 Å². The predicted octanol–water partition coefficient (Wildman–Crippen LogP) is -2.13. The van der Waals surface area contributed by atoms with Gasteiger partial charge in [-0.05, 0) is 12.5 Å². The molecular formula is C15H22BrNO2. The van der Waals surface area contributed by atoms with Crippen LogP contribution in [0.2, 0.25) is 0 Å². The number of carbonyl (C=O) groups excluding carboxylic acids is 1. The standard InChI is InChI=1S/C15H21NO2.BrH/c1-3-18-15(17)14-11-16(2)10-9-13(14)12-7-5-4-6-8-12;/h4-8,13-14H,3,9-11H2,1-2H3;1H/t13-,14-;/m1./s1. The molecule has 3 nitrogen and oxygen atoms in total. The summed E-state index contributed by atoms with van der Waals surface area (Å²) in [6.07, 6.45) is 1.05. The van der Waals surface area contributed by atoms with Crippen molar-refractivity contribution >= 4 is 5.97 Å². The average Bonchev–Trinajstić information content (AvgIpc) is 2.40. The number of quaternary nitrogens is 1. The Morgan fingerprint density at radius 2 is 2.05 bits per heavy atom. The first-order valence-corrected chi connectivity index (χ1v) is 6.75. The van der Waals surface area contributed by atoms with Crippen molar-refractivity contribution in [1.29, 1.82) is 0 Å². The summed E-state index contributed by atoms with van der Waals surface area (Å²) in [5, 5.41) is 0. The Labute approximate surface area is 125 Å². The fourth-order valence-corrected chi connectivity index (χ4v) is 2.82. The highest BCUT2D eigenvalue weighted by atomic mass is 79.9. The molecule has 0 amide bonds. The third-order valence-electron chi connectivity index (χ3n) is 3.75. The minimum Gasteiger partial charge on any atom is -1.00 e. The summed E-state index contributed by atoms with van der Waals surface area (Å²) in [4.78, 5) is 13.5. The van der Waals surface area contributed by atoms with Gasteiger partial charge in [-0.2, -0.15) is 0 Å². The first-order chi connectivity index (χ1) is 8.72. The zero-order valence-electron chi connectivity index (χ0n) is 11.6. The maximum Gasteiger partial charge on any atom is 0.315 e. The number of likely N-dealkylation sites (tertiary alicyclic amines) is 1. The van der Waals surface area contributed by atoms with Gasteiger partial charge in [0.1, 0.15) is 5.92 Å². The number of hydrogen-bond acceptors (Lipinski definition) is 2. The predicted molar refractivity (Wildman–Crippen MR) is 70.5 cm³/mol. The van der Waals surface area contributed by atoms with Crippen molar-refractivity contribution < 1.29 is 31.4 Å². The molecular weight excluding hydrogens is 306 g/mol. The molecule has 3 atom stereocenters. The molecule has 1 aromatic rings. The van der Waals surface area contributed by atoms with Crippen molar-refractivity contribution in [3.8, 4) is 0 Å². The van der Waals surface area contributed by atoms with Gasteiger partial charge in [0.25, 0.3) is 0 Å². The van der Waals surface area contributed by atoms with Crippen molar-refractivity contribution in [3.05, 3.63) is 35.9 Å². The summed E-state index contributed by atoms with van der Waals surface area (Å²) in [5.74, 6) is 0.278. The Morgan fingerprint density at radius 3 is 2.68 bits per heavy atom. The van der Waals surface area contributed by atoms with Crippen LogP contribution >= 0.6 is 0 Å². The van der Waals surface area contributed by atoms with E-state index < -0.39 is 0 Å². The van der Waals surface area contributed by atoms with Crippen LogP contribution < -0.4 is 21.9 Å². The minimum absolute atomic E-state index is 0. The molecule has 1 aliphatic heterocycles. The third-order valence-corrected chi connectivity index (χ3v) is 3.75. The lowest BCUT2D eigenvalue weighted by atomic mass is 9.80. The SMILES string of the molecule is CCOC(=O)[C@@H]1C[NH+](C)CC[C@@H]1c1ccccc1.[Br-]. The van der Waals surface area contributed by atoms with Crippen LogP contribution in [-0.2, 0) is 9.53 Å². The summed E-state index contributed by atoms with van der Waals surface area (Å²) in [6.45, 7) is 4.33. The van der Waals surface area contributed by atoms with E-state index in [0.29, 0.717) is 12.5 Å². The molecule has 0 aromatic heterocycles. The summed E-state index contributed by atoms with van der Waals surface area (Å²) in [6, 6.07) is 10.4. The van der Waals surface area contributed by atoms with Gasteiger partial charge in [0.2, 0.25) is 0 Å². The molecule has 0 saturated carbocycles. The van der Waals surface area contributed by atoms with Crippen LogP contribution in [0.15, 0.2) is 30.3 Å². The molecule has 1 unspecified atom stereocenters. The van der Waals surface area contributed by atoms with E-state index in [0.717, 1.165) is 19.5 Å². The number of rotatable bonds is 3. The molecule has 1 aliphatic rings. The van der Waals surface area contributed by atoms with Crippen LogP contribution in [0.4, 0.5) is 0 Å². The highest BCUT2D eigenvalue weighted by molar-refractivity contribution is 5.74. The van der Waals surface area contributed by atoms with Crippen LogP contribution in [0.3, 0.4) is 0 Å². The summed E-state index contributed by atoms with van der Waals surface area (Å²) < 4.78 is 5.23. The van der Waals surface area contributed by atoms with Gasteiger partial charge >= 0.3 is 5.97 Å². The van der Waals surface area contributed by atoms with Crippen molar-refractivity contribution in [2.75, 3.05) is 26.7 Å². The first kappa shape index (κ1) is 16.2. The lowest BCUT2D eigenvalue weighted by Gasteiger charge is -2.33. The van der Waals surface area contributed by atoms with Gasteiger partial charge < -0.3 is 26.6 Å². The van der Waals surface area contributed by atoms with E-state index in [-0.39, 0.29) is 28.9 Å². The Balaban J connectivity index is 0.00000180. The second-order valence-corrected chi connectivity index (χ2v) is 5.08. The highest BCUT2D eigenvalue weighted by Crippen LogP contribution is 2.29. The van der Waals surface area contributed by atoms with E-state index in [1.54, 1.807) is 0 Å². The third kappa shape index (κ3) is 4.05. The van der Waals surface area contributed by atoms with Gasteiger partial charge in [0.15, 0.2) is 0 Å². The van der Waals surface area contributed by atoms with E-state index in [1.807, 2.05) is 25.1 Å². The van der Waals surface area contributed by atoms with Gasteiger partial charge in [-0.3, -0.25) is 4.79 Å². The molecule has 0 spiro atoms. The number of hydrogen-bond donors (Lipinski definition) is 1. The molecule has 1 N–H and O–H groups in total. The minimum atomic E-state index is -0.0367. The maximum absolute atomic E-state index is 12.1. The van der Waals surface area contributed by atoms with E-state index in [4.69, 9.17) is 4.74 Å². The molecule has 1 heterocycles. The monoisotopic (exact) mass is 327 g/mol. The van der Waals surface area contributed by atoms with Crippen molar-refractivity contribution in [2.24, 2.45) is 5.92 Å². The van der Waals surface area contributed by atoms with E-state index in [9.17, 15) is 4.79 Å². The normalized spacial score (nSPS) is 26.3. The lowest BCUT2D eigenvalue weighted by Crippen LogP contribution is -3.11. The molecule has 0 bridgehead atoms. The smallest absolute Gasteiger partial charge is 0.315 e. The molecule has 4 heteroatoms. The summed E-state index contributed by atoms with van der Waals surface area (Å²) >= 11 is 0. The molecule has 1 fully saturated rings. The van der Waals surface area contributed by atoms with Crippen LogP contribution in [0.1, 0.15) is 24.8 Å². The van der Waals surface area contributed by atoms with Gasteiger partial charge in [-0.1, -0.05) is 30.3 Å². The van der Waals surface area contributed by atoms with Crippen LogP contribution in [0.5, 0.6) is 0 Å². The number of piperidine rings is 1. The summed E-state index contributed by atoms with van der Waals surface area (Å²) in [5.41, 5.74) is 1.27. The number of carbonyl (C=O) groups is 1. The van der Waals surface area contributed by atoms with Crippen LogP contribution in [0, 0.1) is 5.92 Å². The molecule has 1 saturated heterocycles. The Kier molecular flexibility index (Phi) is 6.52. The molecule has 106 valence electrons. The van der Waals surface area contributed by atoms with Crippen molar-refractivity contribution in [2.45, 2.75) is 19.3 Å². The molecule has 0 aliphatic carbocycles. The zero-order chi connectivity index (χ0) is 13.0. The number of ether oxygens (including phenoxy) is 1. The lowest BCUT2D eigenvalue weighted by molar-refractivity contribution is -0.888.